The van der Waals surface area contributed by atoms with Crippen LogP contribution in [0.15, 0.2) is 36.7 Å². The Hall–Kier alpha value is -2.41. The molecular formula is C16H15F2N3O2. The highest BCUT2D eigenvalue weighted by Gasteiger charge is 2.39. The second-order valence-electron chi connectivity index (χ2n) is 5.55. The molecule has 2 aromatic rings. The van der Waals surface area contributed by atoms with E-state index >= 15 is 0 Å². The summed E-state index contributed by atoms with van der Waals surface area (Å²) in [7, 11) is 0. The van der Waals surface area contributed by atoms with E-state index in [0.29, 0.717) is 5.56 Å². The summed E-state index contributed by atoms with van der Waals surface area (Å²) in [6.45, 7) is 0.400. The molecule has 0 saturated carbocycles. The zero-order valence-corrected chi connectivity index (χ0v) is 12.2. The number of nitrogens with zero attached hydrogens (tertiary/aromatic N) is 3. The number of hydrogen-bond acceptors (Lipinski definition) is 4. The Bertz CT molecular complexity index is 696. The average Bonchev–Trinajstić information content (AvgIpc) is 2.55. The Morgan fingerprint density at radius 3 is 2.35 bits per heavy atom. The van der Waals surface area contributed by atoms with E-state index < -0.39 is 17.2 Å². The molecule has 0 unspecified atom stereocenters. The standard InChI is InChI=1S/C16H15F2N3O2/c17-12-2-1-3-13(18)14(12)16(23)5-8-21(9-6-16)15(22)11-4-7-19-20-10-11/h1-4,7,10,23H,5-6,8-9H2. The number of likely N-dealkylation sites (tertiary alicyclic amines) is 1. The zero-order chi connectivity index (χ0) is 16.4. The molecule has 1 aromatic heterocycles. The van der Waals surface area contributed by atoms with Gasteiger partial charge in [-0.15, -0.1) is 0 Å². The molecule has 0 bridgehead atoms. The highest BCUT2D eigenvalue weighted by Crippen LogP contribution is 2.36. The van der Waals surface area contributed by atoms with Crippen LogP contribution >= 0.6 is 0 Å². The summed E-state index contributed by atoms with van der Waals surface area (Å²) in [5.41, 5.74) is -1.54. The fourth-order valence-corrected chi connectivity index (χ4v) is 2.87. The molecule has 1 aliphatic rings. The van der Waals surface area contributed by atoms with Crippen LogP contribution in [-0.2, 0) is 5.60 Å². The van der Waals surface area contributed by atoms with Crippen molar-refractivity contribution in [2.75, 3.05) is 13.1 Å². The maximum atomic E-state index is 13.9. The number of benzene rings is 1. The third-order valence-corrected chi connectivity index (χ3v) is 4.14. The van der Waals surface area contributed by atoms with Crippen molar-refractivity contribution in [1.82, 2.24) is 15.1 Å². The Balaban J connectivity index is 1.77. The molecule has 5 nitrogen and oxygen atoms in total. The zero-order valence-electron chi connectivity index (χ0n) is 12.2. The molecule has 0 radical (unpaired) electrons. The van der Waals surface area contributed by atoms with Gasteiger partial charge >= 0.3 is 0 Å². The van der Waals surface area contributed by atoms with Crippen molar-refractivity contribution in [3.63, 3.8) is 0 Å². The van der Waals surface area contributed by atoms with Crippen molar-refractivity contribution in [1.29, 1.82) is 0 Å². The van der Waals surface area contributed by atoms with E-state index in [9.17, 15) is 18.7 Å². The van der Waals surface area contributed by atoms with Crippen molar-refractivity contribution < 1.29 is 18.7 Å². The highest BCUT2D eigenvalue weighted by atomic mass is 19.1. The summed E-state index contributed by atoms with van der Waals surface area (Å²) in [5.74, 6) is -1.79. The summed E-state index contributed by atoms with van der Waals surface area (Å²) in [6, 6.07) is 5.05. The van der Waals surface area contributed by atoms with Crippen LogP contribution in [0.3, 0.4) is 0 Å². The van der Waals surface area contributed by atoms with E-state index in [-0.39, 0.29) is 37.4 Å². The van der Waals surface area contributed by atoms with Gasteiger partial charge in [0.05, 0.1) is 29.1 Å². The number of carbonyl (C=O) groups is 1. The number of piperidine rings is 1. The molecule has 0 atom stereocenters. The van der Waals surface area contributed by atoms with E-state index in [0.717, 1.165) is 12.1 Å². The monoisotopic (exact) mass is 319 g/mol. The largest absolute Gasteiger partial charge is 0.385 e. The number of hydrogen-bond donors (Lipinski definition) is 1. The van der Waals surface area contributed by atoms with Gasteiger partial charge in [-0.3, -0.25) is 4.79 Å². The van der Waals surface area contributed by atoms with Crippen LogP contribution in [0.25, 0.3) is 0 Å². The first kappa shape index (κ1) is 15.5. The Morgan fingerprint density at radius 2 is 1.78 bits per heavy atom. The van der Waals surface area contributed by atoms with Gasteiger partial charge in [-0.05, 0) is 31.0 Å². The average molecular weight is 319 g/mol. The lowest BCUT2D eigenvalue weighted by atomic mass is 9.83. The minimum Gasteiger partial charge on any atom is -0.385 e. The quantitative estimate of drug-likeness (QED) is 0.918. The first-order chi connectivity index (χ1) is 11.0. The van der Waals surface area contributed by atoms with Crippen LogP contribution in [0.5, 0.6) is 0 Å². The summed E-state index contributed by atoms with van der Waals surface area (Å²) in [5, 5.41) is 17.9. The minimum atomic E-state index is -1.61. The smallest absolute Gasteiger partial charge is 0.255 e. The van der Waals surface area contributed by atoms with Crippen molar-refractivity contribution in [2.24, 2.45) is 0 Å². The van der Waals surface area contributed by atoms with Gasteiger partial charge in [0.15, 0.2) is 0 Å². The number of halogens is 2. The fourth-order valence-electron chi connectivity index (χ4n) is 2.87. The molecule has 1 aliphatic heterocycles. The summed E-state index contributed by atoms with van der Waals surface area (Å²) in [4.78, 5) is 13.8. The first-order valence-corrected chi connectivity index (χ1v) is 7.24. The number of carbonyl (C=O) groups excluding carboxylic acids is 1. The van der Waals surface area contributed by atoms with Gasteiger partial charge in [0.25, 0.3) is 5.91 Å². The van der Waals surface area contributed by atoms with Gasteiger partial charge < -0.3 is 10.0 Å². The van der Waals surface area contributed by atoms with Crippen LogP contribution < -0.4 is 0 Å². The Labute approximate surface area is 131 Å². The van der Waals surface area contributed by atoms with Crippen LogP contribution in [0.1, 0.15) is 28.8 Å². The molecule has 1 N–H and O–H groups in total. The van der Waals surface area contributed by atoms with Crippen molar-refractivity contribution in [3.05, 3.63) is 59.4 Å². The minimum absolute atomic E-state index is 0.0646. The molecule has 1 fully saturated rings. The number of rotatable bonds is 2. The van der Waals surface area contributed by atoms with Crippen LogP contribution in [0.2, 0.25) is 0 Å². The molecular weight excluding hydrogens is 304 g/mol. The molecule has 3 rings (SSSR count). The maximum Gasteiger partial charge on any atom is 0.255 e. The van der Waals surface area contributed by atoms with E-state index in [1.54, 1.807) is 6.07 Å². The summed E-state index contributed by atoms with van der Waals surface area (Å²) >= 11 is 0. The van der Waals surface area contributed by atoms with Crippen molar-refractivity contribution in [2.45, 2.75) is 18.4 Å². The summed E-state index contributed by atoms with van der Waals surface area (Å²) < 4.78 is 27.8. The number of aliphatic hydroxyl groups is 1. The second kappa shape index (κ2) is 6.00. The molecule has 23 heavy (non-hydrogen) atoms. The molecule has 1 saturated heterocycles. The van der Waals surface area contributed by atoms with E-state index in [4.69, 9.17) is 0 Å². The Morgan fingerprint density at radius 1 is 1.13 bits per heavy atom. The van der Waals surface area contributed by atoms with Gasteiger partial charge in [-0.2, -0.15) is 10.2 Å². The molecule has 1 aromatic carbocycles. The molecule has 7 heteroatoms. The lowest BCUT2D eigenvalue weighted by Gasteiger charge is -2.38. The van der Waals surface area contributed by atoms with Crippen LogP contribution in [-0.4, -0.2) is 39.2 Å². The molecule has 120 valence electrons. The first-order valence-electron chi connectivity index (χ1n) is 7.24. The van der Waals surface area contributed by atoms with E-state index in [1.807, 2.05) is 0 Å². The highest BCUT2D eigenvalue weighted by molar-refractivity contribution is 5.93. The normalized spacial score (nSPS) is 17.1. The molecule has 2 heterocycles. The third kappa shape index (κ3) is 2.92. The van der Waals surface area contributed by atoms with Gasteiger partial charge in [0, 0.05) is 13.1 Å². The number of amides is 1. The maximum absolute atomic E-state index is 13.9. The molecule has 0 aliphatic carbocycles. The predicted molar refractivity (Wildman–Crippen MR) is 77.4 cm³/mol. The van der Waals surface area contributed by atoms with Crippen LogP contribution in [0.4, 0.5) is 8.78 Å². The van der Waals surface area contributed by atoms with Crippen LogP contribution in [0, 0.1) is 11.6 Å². The van der Waals surface area contributed by atoms with E-state index in [2.05, 4.69) is 10.2 Å². The van der Waals surface area contributed by atoms with E-state index in [1.165, 1.54) is 23.4 Å². The molecule has 0 spiro atoms. The summed E-state index contributed by atoms with van der Waals surface area (Å²) in [6.07, 6.45) is 2.91. The Kier molecular flexibility index (Phi) is 4.04. The van der Waals surface area contributed by atoms with Gasteiger partial charge in [-0.1, -0.05) is 6.07 Å². The van der Waals surface area contributed by atoms with Gasteiger partial charge in [-0.25, -0.2) is 8.78 Å². The van der Waals surface area contributed by atoms with Crippen molar-refractivity contribution >= 4 is 5.91 Å². The SMILES string of the molecule is O=C(c1ccnnc1)N1CCC(O)(c2c(F)cccc2F)CC1. The second-order valence-corrected chi connectivity index (χ2v) is 5.55. The third-order valence-electron chi connectivity index (χ3n) is 4.14. The topological polar surface area (TPSA) is 66.3 Å². The predicted octanol–water partition coefficient (Wildman–Crippen LogP) is 1.88. The fraction of sp³-hybridized carbons (Fsp3) is 0.312. The lowest BCUT2D eigenvalue weighted by Crippen LogP contribution is -2.46. The van der Waals surface area contributed by atoms with Gasteiger partial charge in [0.1, 0.15) is 11.6 Å². The number of aromatic nitrogens is 2. The van der Waals surface area contributed by atoms with Gasteiger partial charge in [0.2, 0.25) is 0 Å². The lowest BCUT2D eigenvalue weighted by molar-refractivity contribution is -0.0262. The molecule has 1 amide bonds. The van der Waals surface area contributed by atoms with Crippen molar-refractivity contribution in [3.8, 4) is 0 Å².